The van der Waals surface area contributed by atoms with Crippen molar-refractivity contribution in [3.05, 3.63) is 0 Å². The Morgan fingerprint density at radius 2 is 2.08 bits per heavy atom. The average molecular weight is 265 g/mol. The molecule has 76 valence electrons. The summed E-state index contributed by atoms with van der Waals surface area (Å²) in [7, 11) is 0. The van der Waals surface area contributed by atoms with Gasteiger partial charge in [-0.15, -0.1) is 0 Å². The van der Waals surface area contributed by atoms with E-state index in [1.54, 1.807) is 5.01 Å². The summed E-state index contributed by atoms with van der Waals surface area (Å²) in [4.78, 5) is 0. The van der Waals surface area contributed by atoms with Gasteiger partial charge in [0.2, 0.25) is 3.79 Å². The van der Waals surface area contributed by atoms with E-state index in [4.69, 9.17) is 46.6 Å². The lowest BCUT2D eigenvalue weighted by Crippen LogP contribution is -2.45. The van der Waals surface area contributed by atoms with Crippen molar-refractivity contribution in [1.82, 2.24) is 9.43 Å². The lowest BCUT2D eigenvalue weighted by Gasteiger charge is -2.31. The van der Waals surface area contributed by atoms with E-state index in [0.29, 0.717) is 6.54 Å². The molecule has 1 aliphatic heterocycles. The molecular formula is C6H9Cl4N3. The van der Waals surface area contributed by atoms with Crippen molar-refractivity contribution in [2.75, 3.05) is 6.54 Å². The topological polar surface area (TPSA) is 18.8 Å². The molecule has 0 aromatic carbocycles. The van der Waals surface area contributed by atoms with Gasteiger partial charge in [-0.2, -0.15) is 5.10 Å². The normalized spacial score (nSPS) is 23.0. The zero-order valence-electron chi connectivity index (χ0n) is 6.92. The molecule has 0 spiro atoms. The lowest BCUT2D eigenvalue weighted by molar-refractivity contribution is 0.178. The van der Waals surface area contributed by atoms with Crippen molar-refractivity contribution < 1.29 is 0 Å². The van der Waals surface area contributed by atoms with Crippen LogP contribution >= 0.6 is 46.6 Å². The zero-order chi connectivity index (χ0) is 10.1. The van der Waals surface area contributed by atoms with E-state index in [0.717, 1.165) is 6.42 Å². The van der Waals surface area contributed by atoms with Gasteiger partial charge in [-0.1, -0.05) is 41.7 Å². The standard InChI is InChI=1S/C6H9Cl4N3/c1-2-3-13-5(6(7,8)9)12(10)4-11-13/h4-5H,2-3H2,1H3. The molecule has 13 heavy (non-hydrogen) atoms. The van der Waals surface area contributed by atoms with E-state index in [-0.39, 0.29) is 0 Å². The summed E-state index contributed by atoms with van der Waals surface area (Å²) in [6.07, 6.45) is 1.82. The van der Waals surface area contributed by atoms with E-state index in [2.05, 4.69) is 5.10 Å². The van der Waals surface area contributed by atoms with Crippen molar-refractivity contribution in [3.63, 3.8) is 0 Å². The van der Waals surface area contributed by atoms with Crippen molar-refractivity contribution in [3.8, 4) is 0 Å². The highest BCUT2D eigenvalue weighted by Crippen LogP contribution is 2.37. The summed E-state index contributed by atoms with van der Waals surface area (Å²) in [5.41, 5.74) is 0. The largest absolute Gasteiger partial charge is 0.267 e. The van der Waals surface area contributed by atoms with Gasteiger partial charge in [0.25, 0.3) is 0 Å². The molecule has 0 saturated carbocycles. The first-order valence-electron chi connectivity index (χ1n) is 3.78. The Labute approximate surface area is 97.3 Å². The van der Waals surface area contributed by atoms with Crippen LogP contribution in [0, 0.1) is 0 Å². The zero-order valence-corrected chi connectivity index (χ0v) is 9.95. The second kappa shape index (κ2) is 4.30. The predicted molar refractivity (Wildman–Crippen MR) is 57.3 cm³/mol. The molecule has 1 heterocycles. The summed E-state index contributed by atoms with van der Waals surface area (Å²) < 4.78 is -0.198. The van der Waals surface area contributed by atoms with Crippen molar-refractivity contribution in [2.24, 2.45) is 5.10 Å². The van der Waals surface area contributed by atoms with Crippen LogP contribution < -0.4 is 0 Å². The Hall–Kier alpha value is 0.430. The van der Waals surface area contributed by atoms with Gasteiger partial charge in [-0.05, 0) is 6.42 Å². The molecule has 3 nitrogen and oxygen atoms in total. The highest BCUT2D eigenvalue weighted by atomic mass is 35.6. The van der Waals surface area contributed by atoms with Gasteiger partial charge in [-0.25, -0.2) is 4.42 Å². The Morgan fingerprint density at radius 3 is 2.54 bits per heavy atom. The summed E-state index contributed by atoms with van der Waals surface area (Å²) >= 11 is 23.0. The predicted octanol–water partition coefficient (Wildman–Crippen LogP) is 2.81. The summed E-state index contributed by atoms with van der Waals surface area (Å²) in [5, 5.41) is 5.66. The minimum Gasteiger partial charge on any atom is -0.267 e. The van der Waals surface area contributed by atoms with E-state index >= 15 is 0 Å². The van der Waals surface area contributed by atoms with Crippen LogP contribution in [0.5, 0.6) is 0 Å². The smallest absolute Gasteiger partial charge is 0.231 e. The second-order valence-electron chi connectivity index (χ2n) is 2.65. The van der Waals surface area contributed by atoms with E-state index in [9.17, 15) is 0 Å². The average Bonchev–Trinajstić information content (AvgIpc) is 2.31. The first-order chi connectivity index (χ1) is 5.96. The Morgan fingerprint density at radius 1 is 1.46 bits per heavy atom. The molecule has 1 aliphatic rings. The maximum absolute atomic E-state index is 5.78. The maximum Gasteiger partial charge on any atom is 0.231 e. The molecular weight excluding hydrogens is 256 g/mol. The molecule has 1 rings (SSSR count). The molecule has 0 aliphatic carbocycles. The Balaban J connectivity index is 2.70. The molecule has 7 heteroatoms. The molecule has 0 aromatic rings. The Bertz CT molecular complexity index is 203. The first-order valence-corrected chi connectivity index (χ1v) is 5.25. The van der Waals surface area contributed by atoms with Gasteiger partial charge in [0.05, 0.1) is 0 Å². The van der Waals surface area contributed by atoms with Gasteiger partial charge < -0.3 is 0 Å². The monoisotopic (exact) mass is 263 g/mol. The molecule has 0 amide bonds. The second-order valence-corrected chi connectivity index (χ2v) is 5.41. The fraction of sp³-hybridized carbons (Fsp3) is 0.833. The minimum atomic E-state index is -1.46. The van der Waals surface area contributed by atoms with Crippen LogP contribution in [0.25, 0.3) is 0 Å². The van der Waals surface area contributed by atoms with Crippen LogP contribution in [0.4, 0.5) is 0 Å². The van der Waals surface area contributed by atoms with Gasteiger partial charge in [0.15, 0.2) is 6.17 Å². The highest BCUT2D eigenvalue weighted by Gasteiger charge is 2.43. The number of alkyl halides is 3. The van der Waals surface area contributed by atoms with Gasteiger partial charge in [-0.3, -0.25) is 5.01 Å². The number of hydrogen-bond acceptors (Lipinski definition) is 3. The van der Waals surface area contributed by atoms with Crippen LogP contribution in [0.15, 0.2) is 5.10 Å². The molecule has 0 radical (unpaired) electrons. The SMILES string of the molecule is CCCN1N=CN(Cl)C1C(Cl)(Cl)Cl. The minimum absolute atomic E-state index is 0.529. The number of halogens is 4. The number of rotatable bonds is 2. The molecule has 0 fully saturated rings. The molecule has 0 aromatic heterocycles. The van der Waals surface area contributed by atoms with Gasteiger partial charge in [0.1, 0.15) is 6.34 Å². The molecule has 0 saturated heterocycles. The lowest BCUT2D eigenvalue weighted by atomic mass is 10.4. The van der Waals surface area contributed by atoms with Crippen LogP contribution in [0.3, 0.4) is 0 Å². The van der Waals surface area contributed by atoms with Crippen LogP contribution in [0.1, 0.15) is 13.3 Å². The van der Waals surface area contributed by atoms with Gasteiger partial charge >= 0.3 is 0 Å². The van der Waals surface area contributed by atoms with Crippen LogP contribution in [-0.2, 0) is 0 Å². The van der Waals surface area contributed by atoms with Crippen LogP contribution in [-0.4, -0.2) is 32.3 Å². The van der Waals surface area contributed by atoms with E-state index in [1.807, 2.05) is 6.92 Å². The van der Waals surface area contributed by atoms with Crippen molar-refractivity contribution in [1.29, 1.82) is 0 Å². The van der Waals surface area contributed by atoms with Gasteiger partial charge in [0, 0.05) is 18.3 Å². The van der Waals surface area contributed by atoms with Crippen molar-refractivity contribution in [2.45, 2.75) is 23.3 Å². The summed E-state index contributed by atoms with van der Waals surface area (Å²) in [5.74, 6) is 0. The Kier molecular flexibility index (Phi) is 3.81. The molecule has 0 bridgehead atoms. The number of hydrazone groups is 1. The maximum atomic E-state index is 5.78. The molecule has 1 atom stereocenters. The van der Waals surface area contributed by atoms with E-state index < -0.39 is 9.96 Å². The number of hydrogen-bond donors (Lipinski definition) is 0. The molecule has 1 unspecified atom stereocenters. The third kappa shape index (κ3) is 2.69. The van der Waals surface area contributed by atoms with Crippen LogP contribution in [0.2, 0.25) is 0 Å². The number of nitrogens with zero attached hydrogens (tertiary/aromatic N) is 3. The van der Waals surface area contributed by atoms with E-state index in [1.165, 1.54) is 10.8 Å². The summed E-state index contributed by atoms with van der Waals surface area (Å²) in [6, 6.07) is 0. The fourth-order valence-electron chi connectivity index (χ4n) is 1.09. The third-order valence-electron chi connectivity index (χ3n) is 1.57. The highest BCUT2D eigenvalue weighted by molar-refractivity contribution is 6.68. The fourth-order valence-corrected chi connectivity index (χ4v) is 2.18. The third-order valence-corrected chi connectivity index (χ3v) is 2.43. The van der Waals surface area contributed by atoms with Crippen molar-refractivity contribution >= 4 is 52.9 Å². The molecule has 0 N–H and O–H groups in total. The quantitative estimate of drug-likeness (QED) is 0.564. The summed E-state index contributed by atoms with van der Waals surface area (Å²) in [6.45, 7) is 2.72. The first kappa shape index (κ1) is 11.5.